The van der Waals surface area contributed by atoms with Crippen molar-refractivity contribution in [2.75, 3.05) is 6.61 Å². The second kappa shape index (κ2) is 7.39. The van der Waals surface area contributed by atoms with Crippen LogP contribution in [0.3, 0.4) is 0 Å². The van der Waals surface area contributed by atoms with E-state index in [2.05, 4.69) is 4.99 Å². The third-order valence-corrected chi connectivity index (χ3v) is 3.96. The number of aliphatic hydroxyl groups is 1. The molecule has 0 fully saturated rings. The molecule has 2 aromatic rings. The van der Waals surface area contributed by atoms with Crippen molar-refractivity contribution < 1.29 is 28.7 Å². The summed E-state index contributed by atoms with van der Waals surface area (Å²) in [5.41, 5.74) is -0.960. The first kappa shape index (κ1) is 18.9. The maximum atomic E-state index is 13.5. The number of hydrogen-bond donors (Lipinski definition) is 1. The van der Waals surface area contributed by atoms with E-state index >= 15 is 0 Å². The minimum atomic E-state index is -1.00. The number of hydrogen-bond acceptors (Lipinski definition) is 7. The van der Waals surface area contributed by atoms with Crippen LogP contribution in [-0.4, -0.2) is 34.1 Å². The van der Waals surface area contributed by atoms with Crippen LogP contribution < -0.4 is 0 Å². The summed E-state index contributed by atoms with van der Waals surface area (Å²) < 4.78 is 18.4. The monoisotopic (exact) mass is 384 g/mol. The van der Waals surface area contributed by atoms with Gasteiger partial charge >= 0.3 is 5.97 Å². The van der Waals surface area contributed by atoms with E-state index in [1.165, 1.54) is 18.2 Å². The number of nitrogens with zero attached hydrogens (tertiary/aromatic N) is 2. The van der Waals surface area contributed by atoms with Crippen LogP contribution in [0.4, 0.5) is 15.8 Å². The zero-order valence-electron chi connectivity index (χ0n) is 14.5. The fraction of sp³-hybridized carbons (Fsp3) is 0.105. The summed E-state index contributed by atoms with van der Waals surface area (Å²) in [7, 11) is 0. The van der Waals surface area contributed by atoms with Crippen LogP contribution in [0.15, 0.2) is 53.0 Å². The first-order valence-corrected chi connectivity index (χ1v) is 8.12. The van der Waals surface area contributed by atoms with Crippen LogP contribution in [0.1, 0.15) is 22.8 Å². The van der Waals surface area contributed by atoms with Crippen molar-refractivity contribution in [3.05, 3.63) is 75.1 Å². The number of benzene rings is 2. The van der Waals surface area contributed by atoms with Gasteiger partial charge in [-0.25, -0.2) is 14.2 Å². The number of ketones is 1. The van der Waals surface area contributed by atoms with Crippen LogP contribution in [0.2, 0.25) is 0 Å². The highest BCUT2D eigenvalue weighted by Gasteiger charge is 2.34. The molecule has 2 aromatic carbocycles. The lowest BCUT2D eigenvalue weighted by Crippen LogP contribution is -2.23. The van der Waals surface area contributed by atoms with Gasteiger partial charge in [0.15, 0.2) is 0 Å². The number of halogens is 1. The Morgan fingerprint density at radius 3 is 2.54 bits per heavy atom. The summed E-state index contributed by atoms with van der Waals surface area (Å²) in [6, 6.07) is 8.09. The molecule has 0 saturated heterocycles. The molecule has 28 heavy (non-hydrogen) atoms. The van der Waals surface area contributed by atoms with E-state index in [1.54, 1.807) is 6.92 Å². The second-order valence-corrected chi connectivity index (χ2v) is 5.70. The van der Waals surface area contributed by atoms with Crippen molar-refractivity contribution >= 4 is 34.6 Å². The maximum Gasteiger partial charge on any atom is 0.344 e. The molecule has 1 aliphatic heterocycles. The molecule has 0 aliphatic carbocycles. The number of rotatable bonds is 5. The Morgan fingerprint density at radius 1 is 1.25 bits per heavy atom. The minimum Gasteiger partial charge on any atom is -0.506 e. The van der Waals surface area contributed by atoms with Crippen molar-refractivity contribution in [3.63, 3.8) is 0 Å². The third kappa shape index (κ3) is 3.37. The number of nitro benzene ring substituents is 1. The van der Waals surface area contributed by atoms with Crippen LogP contribution in [0.25, 0.3) is 5.76 Å². The zero-order valence-corrected chi connectivity index (χ0v) is 14.5. The van der Waals surface area contributed by atoms with Gasteiger partial charge in [-0.05, 0) is 37.3 Å². The zero-order chi connectivity index (χ0) is 20.4. The lowest BCUT2D eigenvalue weighted by atomic mass is 9.99. The van der Waals surface area contributed by atoms with Gasteiger partial charge in [-0.2, -0.15) is 0 Å². The number of aliphatic hydroxyl groups excluding tert-OH is 1. The molecule has 9 heteroatoms. The van der Waals surface area contributed by atoms with E-state index in [4.69, 9.17) is 4.74 Å². The van der Waals surface area contributed by atoms with Gasteiger partial charge in [0.25, 0.3) is 5.69 Å². The lowest BCUT2D eigenvalue weighted by Gasteiger charge is -2.10. The Kier molecular flexibility index (Phi) is 4.99. The topological polar surface area (TPSA) is 119 Å². The molecule has 142 valence electrons. The SMILES string of the molecule is CCOC(=O)/C(C1=Nc2ccc(F)cc2C1=O)=C(/O)c1ccc([N+](=O)[O-])cc1. The van der Waals surface area contributed by atoms with Gasteiger partial charge in [0, 0.05) is 17.7 Å². The number of nitro groups is 1. The summed E-state index contributed by atoms with van der Waals surface area (Å²) in [6.07, 6.45) is 0. The maximum absolute atomic E-state index is 13.5. The van der Waals surface area contributed by atoms with Crippen molar-refractivity contribution in [2.45, 2.75) is 6.92 Å². The molecule has 0 atom stereocenters. The van der Waals surface area contributed by atoms with Crippen molar-refractivity contribution in [1.82, 2.24) is 0 Å². The predicted octanol–water partition coefficient (Wildman–Crippen LogP) is 3.54. The van der Waals surface area contributed by atoms with Crippen molar-refractivity contribution in [3.8, 4) is 0 Å². The Morgan fingerprint density at radius 2 is 1.93 bits per heavy atom. The highest BCUT2D eigenvalue weighted by atomic mass is 19.1. The number of Topliss-reactive ketones (excluding diaryl/α,β-unsaturated/α-hetero) is 1. The highest BCUT2D eigenvalue weighted by Crippen LogP contribution is 2.32. The van der Waals surface area contributed by atoms with E-state index in [-0.39, 0.29) is 29.1 Å². The largest absolute Gasteiger partial charge is 0.506 e. The van der Waals surface area contributed by atoms with Gasteiger partial charge in [0.2, 0.25) is 5.78 Å². The summed E-state index contributed by atoms with van der Waals surface area (Å²) in [5.74, 6) is -3.02. The molecule has 1 N–H and O–H groups in total. The smallest absolute Gasteiger partial charge is 0.344 e. The standard InChI is InChI=1S/C19H13FN2O6/c1-2-28-19(25)15(17(23)10-3-6-12(7-4-10)22(26)27)16-18(24)13-9-11(20)5-8-14(13)21-16/h3-9,23H,2H2,1H3/b17-15+. The quantitative estimate of drug-likeness (QED) is 0.277. The third-order valence-electron chi connectivity index (χ3n) is 3.96. The number of fused-ring (bicyclic) bond motifs is 1. The van der Waals surface area contributed by atoms with Gasteiger partial charge in [-0.3, -0.25) is 14.9 Å². The molecule has 3 rings (SSSR count). The lowest BCUT2D eigenvalue weighted by molar-refractivity contribution is -0.384. The molecule has 0 radical (unpaired) electrons. The molecule has 1 aliphatic rings. The van der Waals surface area contributed by atoms with Crippen LogP contribution in [0, 0.1) is 15.9 Å². The van der Waals surface area contributed by atoms with E-state index in [1.807, 2.05) is 0 Å². The normalized spacial score (nSPS) is 13.5. The molecular formula is C19H13FN2O6. The summed E-state index contributed by atoms with van der Waals surface area (Å²) in [4.78, 5) is 39.3. The number of aliphatic imine (C=N–C) groups is 1. The van der Waals surface area contributed by atoms with Crippen LogP contribution in [0.5, 0.6) is 0 Å². The van der Waals surface area contributed by atoms with Gasteiger partial charge in [0.05, 0.1) is 22.8 Å². The Bertz CT molecular complexity index is 1060. The molecule has 1 heterocycles. The van der Waals surface area contributed by atoms with E-state index in [9.17, 15) is 29.2 Å². The number of esters is 1. The molecular weight excluding hydrogens is 371 g/mol. The number of carbonyl (C=O) groups excluding carboxylic acids is 2. The number of ether oxygens (including phenoxy) is 1. The van der Waals surface area contributed by atoms with E-state index in [0.717, 1.165) is 24.3 Å². The first-order chi connectivity index (χ1) is 13.3. The Balaban J connectivity index is 2.12. The van der Waals surface area contributed by atoms with Gasteiger partial charge in [-0.15, -0.1) is 0 Å². The van der Waals surface area contributed by atoms with Crippen molar-refractivity contribution in [1.29, 1.82) is 0 Å². The predicted molar refractivity (Wildman–Crippen MR) is 97.1 cm³/mol. The fourth-order valence-corrected chi connectivity index (χ4v) is 2.65. The minimum absolute atomic E-state index is 0.0288. The van der Waals surface area contributed by atoms with E-state index in [0.29, 0.717) is 0 Å². The molecule has 8 nitrogen and oxygen atoms in total. The summed E-state index contributed by atoms with van der Waals surface area (Å²) >= 11 is 0. The summed E-state index contributed by atoms with van der Waals surface area (Å²) in [5, 5.41) is 21.4. The van der Waals surface area contributed by atoms with Crippen LogP contribution in [-0.2, 0) is 9.53 Å². The molecule has 0 bridgehead atoms. The Hall–Kier alpha value is -3.88. The van der Waals surface area contributed by atoms with E-state index < -0.39 is 39.5 Å². The molecule has 0 aromatic heterocycles. The molecule has 0 amide bonds. The number of carbonyl (C=O) groups is 2. The molecule has 0 spiro atoms. The van der Waals surface area contributed by atoms with Gasteiger partial charge < -0.3 is 9.84 Å². The first-order valence-electron chi connectivity index (χ1n) is 8.12. The van der Waals surface area contributed by atoms with Crippen molar-refractivity contribution in [2.24, 2.45) is 4.99 Å². The summed E-state index contributed by atoms with van der Waals surface area (Å²) in [6.45, 7) is 1.51. The molecule has 0 saturated carbocycles. The van der Waals surface area contributed by atoms with Crippen LogP contribution >= 0.6 is 0 Å². The Labute approximate surface area is 157 Å². The van der Waals surface area contributed by atoms with Gasteiger partial charge in [-0.1, -0.05) is 0 Å². The molecule has 0 unspecified atom stereocenters. The van der Waals surface area contributed by atoms with Gasteiger partial charge in [0.1, 0.15) is 22.9 Å². The average Bonchev–Trinajstić information content (AvgIpc) is 2.98. The fourth-order valence-electron chi connectivity index (χ4n) is 2.65. The second-order valence-electron chi connectivity index (χ2n) is 5.70. The number of non-ortho nitro benzene ring substituents is 1. The highest BCUT2D eigenvalue weighted by molar-refractivity contribution is 6.59. The average molecular weight is 384 g/mol.